The van der Waals surface area contributed by atoms with Crippen LogP contribution >= 0.6 is 22.9 Å². The van der Waals surface area contributed by atoms with E-state index >= 15 is 0 Å². The van der Waals surface area contributed by atoms with E-state index in [1.807, 2.05) is 16.8 Å². The van der Waals surface area contributed by atoms with Crippen LogP contribution in [0.15, 0.2) is 41.0 Å². The summed E-state index contributed by atoms with van der Waals surface area (Å²) in [6.45, 7) is 12.3. The van der Waals surface area contributed by atoms with Crippen LogP contribution in [0.2, 0.25) is 0 Å². The molecule has 45 heavy (non-hydrogen) atoms. The number of anilines is 1. The lowest BCUT2D eigenvalue weighted by Gasteiger charge is -2.39. The van der Waals surface area contributed by atoms with Gasteiger partial charge in [-0.2, -0.15) is 0 Å². The molecule has 2 fully saturated rings. The molecule has 2 amide bonds. The minimum absolute atomic E-state index is 0.0335. The molecule has 13 heteroatoms. The monoisotopic (exact) mass is 658 g/mol. The lowest BCUT2D eigenvalue weighted by Crippen LogP contribution is -2.50. The molecule has 244 valence electrons. The maximum atomic E-state index is 12.8. The number of hydrogen-bond donors (Lipinski definition) is 2. The minimum atomic E-state index is -0.693. The summed E-state index contributed by atoms with van der Waals surface area (Å²) in [7, 11) is 0. The van der Waals surface area contributed by atoms with E-state index in [1.165, 1.54) is 11.3 Å². The molecule has 11 nitrogen and oxygen atoms in total. The zero-order chi connectivity index (χ0) is 32.7. The number of halogens is 1. The molecule has 3 aliphatic rings. The van der Waals surface area contributed by atoms with Gasteiger partial charge in [-0.05, 0) is 57.6 Å². The fourth-order valence-corrected chi connectivity index (χ4v) is 6.99. The fraction of sp³-hybridized carbons (Fsp3) is 0.594. The van der Waals surface area contributed by atoms with E-state index in [0.717, 1.165) is 30.6 Å². The summed E-state index contributed by atoms with van der Waals surface area (Å²) in [5.41, 5.74) is -0.172. The van der Waals surface area contributed by atoms with Crippen LogP contribution in [-0.2, 0) is 19.1 Å². The second-order valence-electron chi connectivity index (χ2n) is 12.9. The number of carbonyl (C=O) groups is 2. The summed E-state index contributed by atoms with van der Waals surface area (Å²) < 4.78 is 5.53. The number of piperazine rings is 1. The molecule has 1 aromatic heterocycles. The Morgan fingerprint density at radius 2 is 1.82 bits per heavy atom. The van der Waals surface area contributed by atoms with Gasteiger partial charge in [-0.3, -0.25) is 9.69 Å². The second-order valence-corrected chi connectivity index (χ2v) is 14.4. The first-order valence-corrected chi connectivity index (χ1v) is 16.6. The highest BCUT2D eigenvalue weighted by atomic mass is 35.5. The molecule has 1 aromatic rings. The van der Waals surface area contributed by atoms with Gasteiger partial charge in [0.2, 0.25) is 5.91 Å². The number of aromatic nitrogens is 1. The number of nitrogens with zero attached hydrogens (tertiary/aromatic N) is 4. The number of amides is 2. The molecule has 2 aliphatic heterocycles. The van der Waals surface area contributed by atoms with Crippen LogP contribution in [0.4, 0.5) is 9.93 Å². The van der Waals surface area contributed by atoms with Crippen LogP contribution < -0.4 is 10.6 Å². The molecule has 4 rings (SSSR count). The third-order valence-electron chi connectivity index (χ3n) is 8.35. The maximum Gasteiger partial charge on any atom is 0.408 e. The highest BCUT2D eigenvalue weighted by molar-refractivity contribution is 7.15. The van der Waals surface area contributed by atoms with Crippen molar-refractivity contribution in [3.8, 4) is 0 Å². The molecule has 0 bridgehead atoms. The normalized spacial score (nSPS) is 22.1. The van der Waals surface area contributed by atoms with Gasteiger partial charge in [0, 0.05) is 52.0 Å². The summed E-state index contributed by atoms with van der Waals surface area (Å²) in [5.74, 6) is 4.72. The van der Waals surface area contributed by atoms with Gasteiger partial charge < -0.3 is 25.2 Å². The fourth-order valence-electron chi connectivity index (χ4n) is 5.90. The van der Waals surface area contributed by atoms with Crippen LogP contribution in [0.3, 0.4) is 0 Å². The van der Waals surface area contributed by atoms with Crippen molar-refractivity contribution in [3.63, 3.8) is 0 Å². The second kappa shape index (κ2) is 15.3. The molecule has 0 radical (unpaired) electrons. The van der Waals surface area contributed by atoms with Crippen molar-refractivity contribution in [2.24, 2.45) is 11.8 Å². The Morgan fingerprint density at radius 1 is 1.13 bits per heavy atom. The van der Waals surface area contributed by atoms with E-state index in [0.29, 0.717) is 54.5 Å². The predicted molar refractivity (Wildman–Crippen MR) is 175 cm³/mol. The van der Waals surface area contributed by atoms with E-state index < -0.39 is 17.7 Å². The molecule has 2 N–H and O–H groups in total. The number of rotatable bonds is 9. The minimum Gasteiger partial charge on any atom is -0.444 e. The van der Waals surface area contributed by atoms with Crippen LogP contribution in [0.5, 0.6) is 0 Å². The number of thiazole rings is 1. The first-order chi connectivity index (χ1) is 21.4. The van der Waals surface area contributed by atoms with Crippen molar-refractivity contribution in [1.29, 1.82) is 0 Å². The molecular weight excluding hydrogens is 616 g/mol. The average molecular weight is 659 g/mol. The van der Waals surface area contributed by atoms with Gasteiger partial charge in [-0.15, -0.1) is 0 Å². The predicted octanol–water partition coefficient (Wildman–Crippen LogP) is 4.86. The van der Waals surface area contributed by atoms with Crippen molar-refractivity contribution >= 4 is 52.0 Å². The molecule has 1 saturated heterocycles. The van der Waals surface area contributed by atoms with Crippen molar-refractivity contribution in [2.75, 3.05) is 38.0 Å². The van der Waals surface area contributed by atoms with Crippen molar-refractivity contribution in [2.45, 2.75) is 78.0 Å². The van der Waals surface area contributed by atoms with Crippen LogP contribution in [0.25, 0.3) is 0 Å². The highest BCUT2D eigenvalue weighted by Crippen LogP contribution is 2.37. The first-order valence-electron chi connectivity index (χ1n) is 15.4. The molecular formula is C32H43ClN6O5S. The number of carbonyl (C=O) groups excluding carboxylic acids is 4. The van der Waals surface area contributed by atoms with Gasteiger partial charge in [0.05, 0.1) is 22.0 Å². The van der Waals surface area contributed by atoms with Gasteiger partial charge in [0.15, 0.2) is 11.1 Å². The summed E-state index contributed by atoms with van der Waals surface area (Å²) >= 11 is 7.71. The molecule has 1 saturated carbocycles. The average Bonchev–Trinajstić information content (AvgIpc) is 3.45. The standard InChI is InChI=1S/C32H43ClN6O5S/c1-21-6-8-23(9-7-21)29(36-31(43)44-32(3,4)5)26(20-41)35-30-34-16-28(45-30)27(39-17-24(33)10-11-25(39)19-40)18-37-12-14-38(15-13-37)22(2)42/h10-11,16-17,21,23,27,29H,6-9,12-15,18H2,1-5H3,(H,34,35)(H,36,43)/t21?,23?,27?,29-/m0/s1. The van der Waals surface area contributed by atoms with Crippen molar-refractivity contribution in [1.82, 2.24) is 25.0 Å². The van der Waals surface area contributed by atoms with E-state index in [4.69, 9.17) is 16.3 Å². The van der Waals surface area contributed by atoms with E-state index in [2.05, 4.69) is 27.4 Å². The Kier molecular flexibility index (Phi) is 11.7. The lowest BCUT2D eigenvalue weighted by atomic mass is 9.78. The smallest absolute Gasteiger partial charge is 0.408 e. The maximum absolute atomic E-state index is 12.8. The number of allylic oxidation sites excluding steroid dienone is 3. The zero-order valence-corrected chi connectivity index (χ0v) is 28.2. The number of ether oxygens (including phenoxy) is 1. The highest BCUT2D eigenvalue weighted by Gasteiger charge is 2.34. The topological polar surface area (TPSA) is 124 Å². The molecule has 0 aromatic carbocycles. The van der Waals surface area contributed by atoms with Crippen LogP contribution in [0, 0.1) is 11.8 Å². The molecule has 1 aliphatic carbocycles. The quantitative estimate of drug-likeness (QED) is 0.358. The largest absolute Gasteiger partial charge is 0.444 e. The summed E-state index contributed by atoms with van der Waals surface area (Å²) in [4.78, 5) is 60.3. The van der Waals surface area contributed by atoms with E-state index in [9.17, 15) is 19.2 Å². The van der Waals surface area contributed by atoms with E-state index in [1.54, 1.807) is 57.1 Å². The van der Waals surface area contributed by atoms with Crippen molar-refractivity contribution < 1.29 is 23.9 Å². The van der Waals surface area contributed by atoms with Crippen LogP contribution in [0.1, 0.15) is 71.2 Å². The summed E-state index contributed by atoms with van der Waals surface area (Å²) in [6, 6.07) is -0.972. The third-order valence-corrected chi connectivity index (χ3v) is 9.59. The Hall–Kier alpha value is -3.40. The molecule has 2 atom stereocenters. The first kappa shape index (κ1) is 34.5. The Balaban J connectivity index is 1.58. The molecule has 1 unspecified atom stereocenters. The van der Waals surface area contributed by atoms with Gasteiger partial charge in [-0.25, -0.2) is 19.4 Å². The van der Waals surface area contributed by atoms with Gasteiger partial charge >= 0.3 is 6.09 Å². The third kappa shape index (κ3) is 9.55. The Bertz CT molecular complexity index is 1390. The van der Waals surface area contributed by atoms with Gasteiger partial charge in [0.1, 0.15) is 22.9 Å². The van der Waals surface area contributed by atoms with Gasteiger partial charge in [0.25, 0.3) is 0 Å². The molecule has 0 spiro atoms. The summed E-state index contributed by atoms with van der Waals surface area (Å²) in [5, 5.41) is 7.00. The summed E-state index contributed by atoms with van der Waals surface area (Å²) in [6.07, 6.45) is 9.80. The Labute approximate surface area is 274 Å². The van der Waals surface area contributed by atoms with Crippen molar-refractivity contribution in [3.05, 3.63) is 45.9 Å². The zero-order valence-electron chi connectivity index (χ0n) is 26.6. The SMILES string of the molecule is CC(=O)N1CCN(CC(c2cnc(NC(=C=O)[C@@H](NC(=O)OC(C)(C)C)C3CCC(C)CC3)s2)N2C=C(Cl)C=CC2=C=O)CC1. The molecule has 3 heterocycles. The Morgan fingerprint density at radius 3 is 2.42 bits per heavy atom. The lowest BCUT2D eigenvalue weighted by molar-refractivity contribution is -0.130. The van der Waals surface area contributed by atoms with E-state index in [-0.39, 0.29) is 23.6 Å². The number of alkyl carbamates (subject to hydrolysis) is 1. The van der Waals surface area contributed by atoms with Gasteiger partial charge in [-0.1, -0.05) is 42.7 Å². The van der Waals surface area contributed by atoms with Crippen LogP contribution in [-0.4, -0.2) is 87.9 Å². The number of hydrogen-bond acceptors (Lipinski definition) is 10. The number of nitrogens with one attached hydrogen (secondary N) is 2.